The summed E-state index contributed by atoms with van der Waals surface area (Å²) in [6.45, 7) is 1.32. The molecule has 0 saturated heterocycles. The fraction of sp³-hybridized carbons (Fsp3) is 0.462. The molecule has 2 aromatic rings. The van der Waals surface area contributed by atoms with Gasteiger partial charge in [0.25, 0.3) is 0 Å². The lowest BCUT2D eigenvalue weighted by atomic mass is 10.4. The van der Waals surface area contributed by atoms with E-state index in [1.54, 1.807) is 24.6 Å². The quantitative estimate of drug-likeness (QED) is 0.423. The molecule has 122 valence electrons. The average Bonchev–Trinajstić information content (AvgIpc) is 3.08. The molecule has 0 saturated carbocycles. The van der Waals surface area contributed by atoms with Crippen LogP contribution in [0.25, 0.3) is 0 Å². The summed E-state index contributed by atoms with van der Waals surface area (Å²) in [5, 5.41) is 13.7. The molecule has 0 bridgehead atoms. The lowest BCUT2D eigenvalue weighted by molar-refractivity contribution is 0.683. The molecule has 2 heterocycles. The van der Waals surface area contributed by atoms with Crippen LogP contribution in [0.4, 0.5) is 5.13 Å². The van der Waals surface area contributed by atoms with E-state index in [-0.39, 0.29) is 24.0 Å². The summed E-state index contributed by atoms with van der Waals surface area (Å²) in [7, 11) is 7.66. The lowest BCUT2D eigenvalue weighted by Crippen LogP contribution is -2.36. The molecule has 0 aliphatic heterocycles. The van der Waals surface area contributed by atoms with Crippen LogP contribution in [0.15, 0.2) is 22.6 Å². The van der Waals surface area contributed by atoms with E-state index in [4.69, 9.17) is 0 Å². The fourth-order valence-electron chi connectivity index (χ4n) is 1.73. The number of aliphatic imine (C=N–C) groups is 1. The number of nitrogens with zero attached hydrogens (tertiary/aromatic N) is 5. The Kier molecular flexibility index (Phi) is 7.59. The Bertz CT molecular complexity index is 605. The number of rotatable bonds is 5. The van der Waals surface area contributed by atoms with Gasteiger partial charge in [-0.1, -0.05) is 0 Å². The molecule has 2 N–H and O–H groups in total. The van der Waals surface area contributed by atoms with E-state index in [2.05, 4.69) is 31.1 Å². The van der Waals surface area contributed by atoms with Gasteiger partial charge in [-0.05, 0) is 6.07 Å². The van der Waals surface area contributed by atoms with Gasteiger partial charge in [-0.25, -0.2) is 4.98 Å². The third-order valence-corrected chi connectivity index (χ3v) is 4.00. The summed E-state index contributed by atoms with van der Waals surface area (Å²) >= 11 is 1.63. The summed E-state index contributed by atoms with van der Waals surface area (Å²) in [5.41, 5.74) is 2.11. The van der Waals surface area contributed by atoms with Gasteiger partial charge < -0.3 is 15.5 Å². The van der Waals surface area contributed by atoms with Gasteiger partial charge in [0.2, 0.25) is 0 Å². The summed E-state index contributed by atoms with van der Waals surface area (Å²) in [4.78, 5) is 10.7. The van der Waals surface area contributed by atoms with Gasteiger partial charge in [0.05, 0.1) is 24.5 Å². The van der Waals surface area contributed by atoms with Gasteiger partial charge in [0.15, 0.2) is 11.1 Å². The number of aromatic nitrogens is 3. The first-order valence-corrected chi connectivity index (χ1v) is 7.51. The van der Waals surface area contributed by atoms with Gasteiger partial charge in [-0.15, -0.1) is 35.3 Å². The highest BCUT2D eigenvalue weighted by Crippen LogP contribution is 2.17. The standard InChI is InChI=1S/C13H21N7S.HI/c1-14-12(16-8-11-5-6-17-20(11)4)15-7-10-9-21-13(18-10)19(2)3;/h5-6,9H,7-8H2,1-4H3,(H2,14,15,16);1H. The van der Waals surface area contributed by atoms with Crippen LogP contribution in [0, 0.1) is 0 Å². The van der Waals surface area contributed by atoms with Crippen molar-refractivity contribution in [3.63, 3.8) is 0 Å². The highest BCUT2D eigenvalue weighted by atomic mass is 127. The fourth-order valence-corrected chi connectivity index (χ4v) is 2.49. The molecule has 9 heteroatoms. The Morgan fingerprint density at radius 2 is 2.09 bits per heavy atom. The molecule has 0 aliphatic rings. The van der Waals surface area contributed by atoms with Crippen LogP contribution < -0.4 is 15.5 Å². The predicted molar refractivity (Wildman–Crippen MR) is 102 cm³/mol. The van der Waals surface area contributed by atoms with Crippen molar-refractivity contribution in [3.8, 4) is 0 Å². The van der Waals surface area contributed by atoms with Gasteiger partial charge in [0.1, 0.15) is 0 Å². The van der Waals surface area contributed by atoms with Crippen LogP contribution in [0.2, 0.25) is 0 Å². The van der Waals surface area contributed by atoms with Crippen LogP contribution >= 0.6 is 35.3 Å². The largest absolute Gasteiger partial charge is 0.354 e. The maximum Gasteiger partial charge on any atom is 0.191 e. The zero-order chi connectivity index (χ0) is 15.2. The number of aryl methyl sites for hydroxylation is 1. The maximum absolute atomic E-state index is 4.53. The Labute approximate surface area is 151 Å². The van der Waals surface area contributed by atoms with E-state index in [0.717, 1.165) is 22.5 Å². The molecule has 7 nitrogen and oxygen atoms in total. The highest BCUT2D eigenvalue weighted by molar-refractivity contribution is 14.0. The van der Waals surface area contributed by atoms with Crippen molar-refractivity contribution in [3.05, 3.63) is 29.0 Å². The average molecular weight is 435 g/mol. The molecular formula is C13H22IN7S. The number of thiazole rings is 1. The third kappa shape index (κ3) is 5.13. The molecule has 0 fully saturated rings. The number of nitrogens with one attached hydrogen (secondary N) is 2. The lowest BCUT2D eigenvalue weighted by Gasteiger charge is -2.11. The first kappa shape index (κ1) is 18.7. The molecule has 0 amide bonds. The molecule has 0 aromatic carbocycles. The molecule has 0 spiro atoms. The maximum atomic E-state index is 4.53. The summed E-state index contributed by atoms with van der Waals surface area (Å²) < 4.78 is 1.84. The van der Waals surface area contributed by atoms with E-state index in [0.29, 0.717) is 13.1 Å². The summed E-state index contributed by atoms with van der Waals surface area (Å²) in [6.07, 6.45) is 1.78. The minimum atomic E-state index is 0. The van der Waals surface area contributed by atoms with E-state index >= 15 is 0 Å². The molecule has 0 atom stereocenters. The Hall–Kier alpha value is -1.36. The Balaban J connectivity index is 0.00000242. The smallest absolute Gasteiger partial charge is 0.191 e. The van der Waals surface area contributed by atoms with Crippen LogP contribution in [0.5, 0.6) is 0 Å². The second-order valence-corrected chi connectivity index (χ2v) is 5.58. The van der Waals surface area contributed by atoms with Crippen molar-refractivity contribution in [2.75, 3.05) is 26.0 Å². The van der Waals surface area contributed by atoms with Gasteiger partial charge in [-0.2, -0.15) is 5.10 Å². The van der Waals surface area contributed by atoms with Crippen LogP contribution in [0.3, 0.4) is 0 Å². The summed E-state index contributed by atoms with van der Waals surface area (Å²) in [5.74, 6) is 0.746. The second kappa shape index (κ2) is 8.93. The first-order chi connectivity index (χ1) is 10.1. The molecule has 0 unspecified atom stereocenters. The SMILES string of the molecule is CN=C(NCc1csc(N(C)C)n1)NCc1ccnn1C.I. The van der Waals surface area contributed by atoms with Crippen molar-refractivity contribution in [1.82, 2.24) is 25.4 Å². The van der Waals surface area contributed by atoms with Gasteiger partial charge in [-0.3, -0.25) is 9.67 Å². The molecule has 22 heavy (non-hydrogen) atoms. The molecule has 2 aromatic heterocycles. The van der Waals surface area contributed by atoms with Crippen LogP contribution in [-0.2, 0) is 20.1 Å². The Morgan fingerprint density at radius 3 is 2.64 bits per heavy atom. The minimum Gasteiger partial charge on any atom is -0.354 e. The monoisotopic (exact) mass is 435 g/mol. The first-order valence-electron chi connectivity index (χ1n) is 6.63. The van der Waals surface area contributed by atoms with Crippen molar-refractivity contribution in [1.29, 1.82) is 0 Å². The topological polar surface area (TPSA) is 70.4 Å². The van der Waals surface area contributed by atoms with Crippen LogP contribution in [0.1, 0.15) is 11.4 Å². The minimum absolute atomic E-state index is 0. The van der Waals surface area contributed by atoms with Crippen LogP contribution in [-0.4, -0.2) is 41.9 Å². The number of hydrogen-bond acceptors (Lipinski definition) is 5. The molecule has 2 rings (SSSR count). The predicted octanol–water partition coefficient (Wildman–Crippen LogP) is 1.43. The molecular weight excluding hydrogens is 413 g/mol. The van der Waals surface area contributed by atoms with Gasteiger partial charge in [0, 0.05) is 39.8 Å². The third-order valence-electron chi connectivity index (χ3n) is 2.94. The molecule has 0 aliphatic carbocycles. The zero-order valence-electron chi connectivity index (χ0n) is 13.2. The van der Waals surface area contributed by atoms with E-state index < -0.39 is 0 Å². The normalized spacial score (nSPS) is 11.0. The van der Waals surface area contributed by atoms with Crippen molar-refractivity contribution in [2.24, 2.45) is 12.0 Å². The van der Waals surface area contributed by atoms with E-state index in [9.17, 15) is 0 Å². The van der Waals surface area contributed by atoms with Crippen molar-refractivity contribution >= 4 is 46.4 Å². The van der Waals surface area contributed by atoms with E-state index in [1.165, 1.54) is 0 Å². The van der Waals surface area contributed by atoms with Gasteiger partial charge >= 0.3 is 0 Å². The second-order valence-electron chi connectivity index (χ2n) is 4.74. The highest BCUT2D eigenvalue weighted by Gasteiger charge is 2.05. The van der Waals surface area contributed by atoms with Crippen molar-refractivity contribution < 1.29 is 0 Å². The number of halogens is 1. The summed E-state index contributed by atoms with van der Waals surface area (Å²) in [6, 6.07) is 1.98. The zero-order valence-corrected chi connectivity index (χ0v) is 16.3. The number of guanidine groups is 1. The van der Waals surface area contributed by atoms with Crippen molar-refractivity contribution in [2.45, 2.75) is 13.1 Å². The number of hydrogen-bond donors (Lipinski definition) is 2. The van der Waals surface area contributed by atoms with E-state index in [1.807, 2.05) is 36.8 Å². The molecule has 0 radical (unpaired) electrons. The Morgan fingerprint density at radius 1 is 1.36 bits per heavy atom. The number of anilines is 1.